The van der Waals surface area contributed by atoms with Crippen molar-refractivity contribution in [1.29, 1.82) is 0 Å². The third-order valence-corrected chi connectivity index (χ3v) is 4.06. The van der Waals surface area contributed by atoms with E-state index >= 15 is 0 Å². The first kappa shape index (κ1) is 10.8. The number of benzene rings is 1. The molecule has 0 aliphatic carbocycles. The molecule has 1 N–H and O–H groups in total. The van der Waals surface area contributed by atoms with Crippen molar-refractivity contribution in [2.75, 3.05) is 0 Å². The Balaban J connectivity index is 1.74. The molecule has 0 saturated carbocycles. The molecule has 3 rings (SSSR count). The number of fused-ring (bicyclic) bond motifs is 2. The lowest BCUT2D eigenvalue weighted by Crippen LogP contribution is -2.42. The van der Waals surface area contributed by atoms with E-state index in [0.29, 0.717) is 12.1 Å². The fraction of sp³-hybridized carbons (Fsp3) is 0.500. The van der Waals surface area contributed by atoms with Gasteiger partial charge in [0.15, 0.2) is 0 Å². The zero-order chi connectivity index (χ0) is 11.7. The standard InChI is InChI=1S/C14H18N2O/c17-15-12-8-13-6-7-14(9-12)16(13)10-11-4-2-1-3-5-11/h1-5,13-14,17H,6-10H2/b15-12-/t13-,14+/m1/s1. The zero-order valence-electron chi connectivity index (χ0n) is 9.92. The van der Waals surface area contributed by atoms with Gasteiger partial charge in [0, 0.05) is 31.5 Å². The summed E-state index contributed by atoms with van der Waals surface area (Å²) in [5, 5.41) is 12.3. The van der Waals surface area contributed by atoms with Crippen LogP contribution in [-0.2, 0) is 6.54 Å². The van der Waals surface area contributed by atoms with E-state index in [1.165, 1.54) is 18.4 Å². The highest BCUT2D eigenvalue weighted by Crippen LogP contribution is 2.35. The van der Waals surface area contributed by atoms with Gasteiger partial charge < -0.3 is 5.21 Å². The highest BCUT2D eigenvalue weighted by Gasteiger charge is 2.39. The number of piperidine rings is 1. The van der Waals surface area contributed by atoms with Crippen LogP contribution < -0.4 is 0 Å². The van der Waals surface area contributed by atoms with Crippen molar-refractivity contribution in [3.05, 3.63) is 35.9 Å². The minimum absolute atomic E-state index is 0.583. The highest BCUT2D eigenvalue weighted by molar-refractivity contribution is 5.86. The molecule has 17 heavy (non-hydrogen) atoms. The molecule has 3 heteroatoms. The number of nitrogens with zero attached hydrogens (tertiary/aromatic N) is 2. The largest absolute Gasteiger partial charge is 0.411 e. The van der Waals surface area contributed by atoms with Crippen LogP contribution in [0.4, 0.5) is 0 Å². The number of hydrogen-bond acceptors (Lipinski definition) is 3. The third kappa shape index (κ3) is 2.07. The van der Waals surface area contributed by atoms with Crippen molar-refractivity contribution in [1.82, 2.24) is 4.90 Å². The van der Waals surface area contributed by atoms with Gasteiger partial charge in [0.2, 0.25) is 0 Å². The summed E-state index contributed by atoms with van der Waals surface area (Å²) in [6.07, 6.45) is 4.38. The van der Waals surface area contributed by atoms with E-state index in [2.05, 4.69) is 40.4 Å². The van der Waals surface area contributed by atoms with Crippen molar-refractivity contribution >= 4 is 5.71 Å². The Morgan fingerprint density at radius 1 is 1.12 bits per heavy atom. The van der Waals surface area contributed by atoms with E-state index in [1.807, 2.05) is 0 Å². The quantitative estimate of drug-likeness (QED) is 0.626. The molecule has 90 valence electrons. The maximum atomic E-state index is 8.90. The van der Waals surface area contributed by atoms with E-state index < -0.39 is 0 Å². The van der Waals surface area contributed by atoms with Gasteiger partial charge in [-0.1, -0.05) is 35.5 Å². The molecule has 0 aromatic heterocycles. The molecule has 2 aliphatic heterocycles. The van der Waals surface area contributed by atoms with Gasteiger partial charge in [-0.15, -0.1) is 0 Å². The molecule has 2 aliphatic rings. The highest BCUT2D eigenvalue weighted by atomic mass is 16.4. The molecule has 2 bridgehead atoms. The second-order valence-electron chi connectivity index (χ2n) is 5.12. The second-order valence-corrected chi connectivity index (χ2v) is 5.12. The molecule has 2 fully saturated rings. The van der Waals surface area contributed by atoms with Crippen molar-refractivity contribution < 1.29 is 5.21 Å². The Kier molecular flexibility index (Phi) is 2.85. The molecule has 0 unspecified atom stereocenters. The van der Waals surface area contributed by atoms with Crippen LogP contribution in [0.2, 0.25) is 0 Å². The van der Waals surface area contributed by atoms with Crippen LogP contribution in [0.15, 0.2) is 35.5 Å². The first-order valence-corrected chi connectivity index (χ1v) is 6.36. The predicted molar refractivity (Wildman–Crippen MR) is 67.3 cm³/mol. The number of oxime groups is 1. The van der Waals surface area contributed by atoms with Crippen molar-refractivity contribution in [3.63, 3.8) is 0 Å². The Hall–Kier alpha value is -1.35. The zero-order valence-corrected chi connectivity index (χ0v) is 9.92. The van der Waals surface area contributed by atoms with Gasteiger partial charge in [0.05, 0.1) is 5.71 Å². The average Bonchev–Trinajstić information content (AvgIpc) is 2.63. The molecule has 0 radical (unpaired) electrons. The lowest BCUT2D eigenvalue weighted by atomic mass is 10.00. The average molecular weight is 230 g/mol. The maximum absolute atomic E-state index is 8.90. The molecule has 1 aromatic carbocycles. The molecule has 2 saturated heterocycles. The van der Waals surface area contributed by atoms with E-state index in [0.717, 1.165) is 25.1 Å². The van der Waals surface area contributed by atoms with Crippen LogP contribution in [0.5, 0.6) is 0 Å². The summed E-state index contributed by atoms with van der Waals surface area (Å²) in [6.45, 7) is 1.04. The summed E-state index contributed by atoms with van der Waals surface area (Å²) < 4.78 is 0. The Labute approximate surface area is 102 Å². The van der Waals surface area contributed by atoms with Gasteiger partial charge in [-0.3, -0.25) is 4.90 Å². The summed E-state index contributed by atoms with van der Waals surface area (Å²) in [5.74, 6) is 0. The molecular weight excluding hydrogens is 212 g/mol. The molecule has 0 amide bonds. The Morgan fingerprint density at radius 3 is 2.35 bits per heavy atom. The first-order chi connectivity index (χ1) is 8.36. The third-order valence-electron chi connectivity index (χ3n) is 4.06. The molecule has 2 atom stereocenters. The van der Waals surface area contributed by atoms with E-state index in [4.69, 9.17) is 5.21 Å². The number of hydrogen-bond donors (Lipinski definition) is 1. The predicted octanol–water partition coefficient (Wildman–Crippen LogP) is 2.64. The van der Waals surface area contributed by atoms with E-state index in [9.17, 15) is 0 Å². The molecule has 1 aromatic rings. The van der Waals surface area contributed by atoms with Gasteiger partial charge in [0.1, 0.15) is 0 Å². The van der Waals surface area contributed by atoms with Crippen molar-refractivity contribution in [2.45, 2.75) is 44.3 Å². The van der Waals surface area contributed by atoms with Crippen LogP contribution in [0.25, 0.3) is 0 Å². The van der Waals surface area contributed by atoms with Gasteiger partial charge in [-0.25, -0.2) is 0 Å². The lowest BCUT2D eigenvalue weighted by molar-refractivity contribution is 0.171. The second kappa shape index (κ2) is 4.49. The van der Waals surface area contributed by atoms with Crippen LogP contribution in [-0.4, -0.2) is 27.9 Å². The first-order valence-electron chi connectivity index (χ1n) is 6.36. The minimum atomic E-state index is 0.583. The van der Waals surface area contributed by atoms with Crippen LogP contribution in [0, 0.1) is 0 Å². The van der Waals surface area contributed by atoms with Gasteiger partial charge >= 0.3 is 0 Å². The normalized spacial score (nSPS) is 30.9. The van der Waals surface area contributed by atoms with E-state index in [-0.39, 0.29) is 0 Å². The topological polar surface area (TPSA) is 35.8 Å². The van der Waals surface area contributed by atoms with Gasteiger partial charge in [-0.05, 0) is 18.4 Å². The lowest BCUT2D eigenvalue weighted by Gasteiger charge is -2.35. The van der Waals surface area contributed by atoms with Crippen LogP contribution >= 0.6 is 0 Å². The Bertz CT molecular complexity index is 399. The minimum Gasteiger partial charge on any atom is -0.411 e. The van der Waals surface area contributed by atoms with Gasteiger partial charge in [0.25, 0.3) is 0 Å². The summed E-state index contributed by atoms with van der Waals surface area (Å²) in [4.78, 5) is 2.59. The summed E-state index contributed by atoms with van der Waals surface area (Å²) >= 11 is 0. The molecule has 2 heterocycles. The maximum Gasteiger partial charge on any atom is 0.0601 e. The SMILES string of the molecule is O/N=C1/C[C@H]2CC[C@@H](C1)N2Cc1ccccc1. The summed E-state index contributed by atoms with van der Waals surface area (Å²) in [6, 6.07) is 11.8. The Morgan fingerprint density at radius 2 is 1.76 bits per heavy atom. The smallest absolute Gasteiger partial charge is 0.0601 e. The number of rotatable bonds is 2. The summed E-state index contributed by atoms with van der Waals surface area (Å²) in [5.41, 5.74) is 2.37. The molecule has 0 spiro atoms. The molecular formula is C14H18N2O. The van der Waals surface area contributed by atoms with E-state index in [1.54, 1.807) is 0 Å². The van der Waals surface area contributed by atoms with Crippen molar-refractivity contribution in [3.8, 4) is 0 Å². The molecule has 3 nitrogen and oxygen atoms in total. The summed E-state index contributed by atoms with van der Waals surface area (Å²) in [7, 11) is 0. The fourth-order valence-electron chi connectivity index (χ4n) is 3.21. The fourth-order valence-corrected chi connectivity index (χ4v) is 3.21. The monoisotopic (exact) mass is 230 g/mol. The van der Waals surface area contributed by atoms with Gasteiger partial charge in [-0.2, -0.15) is 0 Å². The van der Waals surface area contributed by atoms with Crippen molar-refractivity contribution in [2.24, 2.45) is 5.16 Å². The van der Waals surface area contributed by atoms with Crippen LogP contribution in [0.1, 0.15) is 31.2 Å². The van der Waals surface area contributed by atoms with Crippen LogP contribution in [0.3, 0.4) is 0 Å².